The molecule has 6 nitrogen and oxygen atoms in total. The third-order valence-corrected chi connectivity index (χ3v) is 3.75. The first-order chi connectivity index (χ1) is 12.1. The van der Waals surface area contributed by atoms with Crippen LogP contribution in [-0.2, 0) is 17.6 Å². The minimum absolute atomic E-state index is 0.0135. The Kier molecular flexibility index (Phi) is 6.51. The molecule has 0 bridgehead atoms. The summed E-state index contributed by atoms with van der Waals surface area (Å²) in [7, 11) is 4.57. The van der Waals surface area contributed by atoms with Crippen LogP contribution in [-0.4, -0.2) is 38.9 Å². The number of rotatable bonds is 8. The molecule has 2 aromatic carbocycles. The molecule has 0 spiro atoms. The predicted molar refractivity (Wildman–Crippen MR) is 94.6 cm³/mol. The van der Waals surface area contributed by atoms with Gasteiger partial charge in [-0.15, -0.1) is 0 Å². The Balaban J connectivity index is 1.89. The lowest BCUT2D eigenvalue weighted by Crippen LogP contribution is -2.27. The molecule has 25 heavy (non-hydrogen) atoms. The van der Waals surface area contributed by atoms with E-state index >= 15 is 0 Å². The van der Waals surface area contributed by atoms with E-state index in [1.807, 2.05) is 24.3 Å². The molecule has 2 aromatic rings. The Labute approximate surface area is 147 Å². The van der Waals surface area contributed by atoms with E-state index in [4.69, 9.17) is 14.2 Å². The molecule has 2 rings (SSSR count). The Morgan fingerprint density at radius 3 is 2.52 bits per heavy atom. The van der Waals surface area contributed by atoms with Gasteiger partial charge in [0.05, 0.1) is 27.8 Å². The van der Waals surface area contributed by atoms with Crippen LogP contribution in [0.4, 0.5) is 0 Å². The van der Waals surface area contributed by atoms with Crippen LogP contribution in [0.2, 0.25) is 0 Å². The van der Waals surface area contributed by atoms with Crippen LogP contribution in [0.3, 0.4) is 0 Å². The van der Waals surface area contributed by atoms with E-state index in [0.29, 0.717) is 24.5 Å². The van der Waals surface area contributed by atoms with Gasteiger partial charge in [0.2, 0.25) is 11.7 Å². The Hall–Kier alpha value is -2.89. The van der Waals surface area contributed by atoms with Crippen molar-refractivity contribution < 1.29 is 24.1 Å². The predicted octanol–water partition coefficient (Wildman–Crippen LogP) is 2.32. The summed E-state index contributed by atoms with van der Waals surface area (Å²) < 4.78 is 15.4. The van der Waals surface area contributed by atoms with Crippen molar-refractivity contribution in [1.29, 1.82) is 0 Å². The zero-order valence-electron chi connectivity index (χ0n) is 14.7. The fraction of sp³-hybridized carbons (Fsp3) is 0.316. The van der Waals surface area contributed by atoms with Crippen molar-refractivity contribution in [2.24, 2.45) is 0 Å². The molecule has 6 heteroatoms. The van der Waals surface area contributed by atoms with Crippen LogP contribution in [0.1, 0.15) is 11.1 Å². The summed E-state index contributed by atoms with van der Waals surface area (Å²) in [6, 6.07) is 10.8. The number of phenolic OH excluding ortho intramolecular Hbond substituents is 1. The van der Waals surface area contributed by atoms with Gasteiger partial charge in [-0.3, -0.25) is 4.79 Å². The number of phenols is 1. The third-order valence-electron chi connectivity index (χ3n) is 3.75. The third kappa shape index (κ3) is 5.04. The van der Waals surface area contributed by atoms with Gasteiger partial charge in [-0.2, -0.15) is 0 Å². The van der Waals surface area contributed by atoms with Gasteiger partial charge >= 0.3 is 0 Å². The summed E-state index contributed by atoms with van der Waals surface area (Å²) in [6.07, 6.45) is 0.853. The fourth-order valence-corrected chi connectivity index (χ4v) is 2.52. The van der Waals surface area contributed by atoms with Crippen molar-refractivity contribution in [2.45, 2.75) is 12.8 Å². The SMILES string of the molecule is COc1cccc(CC(=O)NCCc2cc(O)c(OC)c(OC)c2)c1. The summed E-state index contributed by atoms with van der Waals surface area (Å²) in [6.45, 7) is 0.456. The van der Waals surface area contributed by atoms with Crippen LogP contribution in [0.15, 0.2) is 36.4 Å². The first kappa shape index (κ1) is 18.4. The number of nitrogens with one attached hydrogen (secondary N) is 1. The van der Waals surface area contributed by atoms with Gasteiger partial charge in [0.15, 0.2) is 11.5 Å². The lowest BCUT2D eigenvalue weighted by atomic mass is 10.1. The Bertz CT molecular complexity index is 730. The lowest BCUT2D eigenvalue weighted by Gasteiger charge is -2.12. The maximum absolute atomic E-state index is 12.0. The number of benzene rings is 2. The summed E-state index contributed by atoms with van der Waals surface area (Å²) in [5.74, 6) is 1.43. The standard InChI is InChI=1S/C19H23NO5/c1-23-15-6-4-5-13(9-15)12-18(22)20-8-7-14-10-16(21)19(25-3)17(11-14)24-2/h4-6,9-11,21H,7-8,12H2,1-3H3,(H,20,22). The molecule has 0 heterocycles. The molecule has 0 fully saturated rings. The molecule has 0 radical (unpaired) electrons. The molecule has 0 saturated heterocycles. The normalized spacial score (nSPS) is 10.2. The number of methoxy groups -OCH3 is 3. The Morgan fingerprint density at radius 1 is 1.04 bits per heavy atom. The number of amides is 1. The molecule has 2 N–H and O–H groups in total. The number of hydrogen-bond donors (Lipinski definition) is 2. The van der Waals surface area contributed by atoms with Gasteiger partial charge in [0, 0.05) is 6.54 Å². The zero-order chi connectivity index (χ0) is 18.2. The Morgan fingerprint density at radius 2 is 1.84 bits per heavy atom. The fourth-order valence-electron chi connectivity index (χ4n) is 2.52. The van der Waals surface area contributed by atoms with E-state index in [0.717, 1.165) is 16.9 Å². The van der Waals surface area contributed by atoms with Gasteiger partial charge in [-0.25, -0.2) is 0 Å². The molecular weight excluding hydrogens is 322 g/mol. The van der Waals surface area contributed by atoms with Crippen LogP contribution < -0.4 is 19.5 Å². The van der Waals surface area contributed by atoms with Gasteiger partial charge < -0.3 is 24.6 Å². The molecule has 0 unspecified atom stereocenters. The van der Waals surface area contributed by atoms with E-state index in [1.165, 1.54) is 14.2 Å². The van der Waals surface area contributed by atoms with Crippen molar-refractivity contribution in [2.75, 3.05) is 27.9 Å². The minimum Gasteiger partial charge on any atom is -0.504 e. The highest BCUT2D eigenvalue weighted by Gasteiger charge is 2.12. The van der Waals surface area contributed by atoms with Crippen molar-refractivity contribution >= 4 is 5.91 Å². The van der Waals surface area contributed by atoms with Gasteiger partial charge in [0.25, 0.3) is 0 Å². The largest absolute Gasteiger partial charge is 0.504 e. The quantitative estimate of drug-likeness (QED) is 0.768. The maximum Gasteiger partial charge on any atom is 0.224 e. The maximum atomic E-state index is 12.0. The van der Waals surface area contributed by atoms with E-state index in [1.54, 1.807) is 19.2 Å². The highest BCUT2D eigenvalue weighted by atomic mass is 16.5. The van der Waals surface area contributed by atoms with Crippen molar-refractivity contribution in [3.63, 3.8) is 0 Å². The number of aromatic hydroxyl groups is 1. The molecule has 1 amide bonds. The average molecular weight is 345 g/mol. The average Bonchev–Trinajstić information content (AvgIpc) is 2.61. The van der Waals surface area contributed by atoms with E-state index in [9.17, 15) is 9.90 Å². The topological polar surface area (TPSA) is 77.0 Å². The van der Waals surface area contributed by atoms with Gasteiger partial charge in [-0.05, 0) is 41.8 Å². The highest BCUT2D eigenvalue weighted by molar-refractivity contribution is 5.78. The van der Waals surface area contributed by atoms with Crippen LogP contribution in [0.5, 0.6) is 23.0 Å². The first-order valence-electron chi connectivity index (χ1n) is 7.91. The summed E-state index contributed by atoms with van der Waals surface area (Å²) in [5, 5.41) is 12.8. The van der Waals surface area contributed by atoms with Gasteiger partial charge in [-0.1, -0.05) is 12.1 Å². The molecule has 0 aromatic heterocycles. The minimum atomic E-state index is -0.0713. The van der Waals surface area contributed by atoms with Crippen molar-refractivity contribution in [1.82, 2.24) is 5.32 Å². The summed E-state index contributed by atoms with van der Waals surface area (Å²) in [5.41, 5.74) is 1.73. The molecule has 0 aliphatic carbocycles. The number of hydrogen-bond acceptors (Lipinski definition) is 5. The van der Waals surface area contributed by atoms with E-state index in [2.05, 4.69) is 5.32 Å². The number of ether oxygens (including phenoxy) is 3. The molecular formula is C19H23NO5. The lowest BCUT2D eigenvalue weighted by molar-refractivity contribution is -0.120. The van der Waals surface area contributed by atoms with Crippen molar-refractivity contribution in [3.05, 3.63) is 47.5 Å². The second kappa shape index (κ2) is 8.82. The second-order valence-electron chi connectivity index (χ2n) is 5.48. The van der Waals surface area contributed by atoms with Gasteiger partial charge in [0.1, 0.15) is 5.75 Å². The number of carbonyl (C=O) groups is 1. The molecule has 0 aliphatic heterocycles. The first-order valence-corrected chi connectivity index (χ1v) is 7.91. The molecule has 0 atom stereocenters. The zero-order valence-corrected chi connectivity index (χ0v) is 14.7. The van der Waals surface area contributed by atoms with Crippen molar-refractivity contribution in [3.8, 4) is 23.0 Å². The number of carbonyl (C=O) groups excluding carboxylic acids is 1. The van der Waals surface area contributed by atoms with Crippen LogP contribution in [0.25, 0.3) is 0 Å². The van der Waals surface area contributed by atoms with E-state index in [-0.39, 0.29) is 18.1 Å². The van der Waals surface area contributed by atoms with Crippen LogP contribution >= 0.6 is 0 Å². The monoisotopic (exact) mass is 345 g/mol. The smallest absolute Gasteiger partial charge is 0.224 e. The summed E-state index contributed by atoms with van der Waals surface area (Å²) in [4.78, 5) is 12.0. The summed E-state index contributed by atoms with van der Waals surface area (Å²) >= 11 is 0. The van der Waals surface area contributed by atoms with E-state index < -0.39 is 0 Å². The highest BCUT2D eigenvalue weighted by Crippen LogP contribution is 2.37. The molecule has 0 saturated carbocycles. The van der Waals surface area contributed by atoms with Crippen LogP contribution in [0, 0.1) is 0 Å². The molecule has 134 valence electrons. The second-order valence-corrected chi connectivity index (χ2v) is 5.48. The molecule has 0 aliphatic rings.